The number of rotatable bonds is 5. The minimum absolute atomic E-state index is 0.0696. The van der Waals surface area contributed by atoms with Crippen LogP contribution in [0.5, 0.6) is 0 Å². The molecule has 1 aromatic carbocycles. The van der Waals surface area contributed by atoms with Crippen molar-refractivity contribution in [3.8, 4) is 5.69 Å². The summed E-state index contributed by atoms with van der Waals surface area (Å²) < 4.78 is 1.34. The fourth-order valence-corrected chi connectivity index (χ4v) is 3.14. The molecule has 1 amide bonds. The van der Waals surface area contributed by atoms with Crippen LogP contribution < -0.4 is 5.32 Å². The first-order valence-corrected chi connectivity index (χ1v) is 8.29. The SMILES string of the molecule is O=C(NC1CCC(CO)CC1)c1ccn(-c2ccccc2[N+](=O)[O-])n1. The Morgan fingerprint density at radius 1 is 1.28 bits per heavy atom. The molecule has 1 saturated carbocycles. The van der Waals surface area contributed by atoms with E-state index in [1.807, 2.05) is 0 Å². The number of carbonyl (C=O) groups is 1. The van der Waals surface area contributed by atoms with Crippen LogP contribution in [0.2, 0.25) is 0 Å². The molecule has 1 fully saturated rings. The van der Waals surface area contributed by atoms with Crippen molar-refractivity contribution in [3.05, 3.63) is 52.3 Å². The van der Waals surface area contributed by atoms with Crippen molar-refractivity contribution in [1.29, 1.82) is 0 Å². The quantitative estimate of drug-likeness (QED) is 0.637. The molecule has 0 unspecified atom stereocenters. The van der Waals surface area contributed by atoms with Gasteiger partial charge in [-0.1, -0.05) is 12.1 Å². The number of carbonyl (C=O) groups excluding carboxylic acids is 1. The molecule has 0 saturated heterocycles. The number of nitro groups is 1. The van der Waals surface area contributed by atoms with Crippen LogP contribution in [0.4, 0.5) is 5.69 Å². The molecular formula is C17H20N4O4. The number of benzene rings is 1. The van der Waals surface area contributed by atoms with E-state index >= 15 is 0 Å². The molecule has 2 N–H and O–H groups in total. The van der Waals surface area contributed by atoms with Crippen molar-refractivity contribution in [1.82, 2.24) is 15.1 Å². The number of nitrogens with one attached hydrogen (secondary N) is 1. The maximum absolute atomic E-state index is 12.4. The van der Waals surface area contributed by atoms with E-state index in [2.05, 4.69) is 10.4 Å². The molecule has 1 aliphatic carbocycles. The second-order valence-electron chi connectivity index (χ2n) is 6.27. The zero-order valence-corrected chi connectivity index (χ0v) is 13.7. The zero-order chi connectivity index (χ0) is 17.8. The van der Waals surface area contributed by atoms with E-state index < -0.39 is 4.92 Å². The minimum atomic E-state index is -0.476. The summed E-state index contributed by atoms with van der Waals surface area (Å²) in [5, 5.41) is 27.4. The van der Waals surface area contributed by atoms with Crippen molar-refractivity contribution >= 4 is 11.6 Å². The van der Waals surface area contributed by atoms with Crippen LogP contribution in [-0.4, -0.2) is 38.4 Å². The van der Waals surface area contributed by atoms with Gasteiger partial charge in [0.2, 0.25) is 0 Å². The van der Waals surface area contributed by atoms with Gasteiger partial charge >= 0.3 is 0 Å². The van der Waals surface area contributed by atoms with Gasteiger partial charge in [-0.25, -0.2) is 4.68 Å². The van der Waals surface area contributed by atoms with E-state index in [1.165, 1.54) is 10.7 Å². The summed E-state index contributed by atoms with van der Waals surface area (Å²) in [6, 6.07) is 7.88. The average molecular weight is 344 g/mol. The van der Waals surface area contributed by atoms with Crippen LogP contribution in [0.15, 0.2) is 36.5 Å². The topological polar surface area (TPSA) is 110 Å². The van der Waals surface area contributed by atoms with E-state index in [4.69, 9.17) is 5.11 Å². The summed E-state index contributed by atoms with van der Waals surface area (Å²) >= 11 is 0. The van der Waals surface area contributed by atoms with Crippen LogP contribution in [0, 0.1) is 16.0 Å². The molecule has 1 aromatic heterocycles. The van der Waals surface area contributed by atoms with Crippen LogP contribution in [0.3, 0.4) is 0 Å². The van der Waals surface area contributed by atoms with Gasteiger partial charge in [0, 0.05) is 24.9 Å². The fraction of sp³-hybridized carbons (Fsp3) is 0.412. The van der Waals surface area contributed by atoms with E-state index in [9.17, 15) is 14.9 Å². The van der Waals surface area contributed by atoms with Crippen LogP contribution in [0.25, 0.3) is 5.69 Å². The third kappa shape index (κ3) is 3.85. The van der Waals surface area contributed by atoms with Gasteiger partial charge in [-0.2, -0.15) is 5.10 Å². The number of hydrogen-bond donors (Lipinski definition) is 2. The van der Waals surface area contributed by atoms with Gasteiger partial charge in [0.05, 0.1) is 4.92 Å². The zero-order valence-electron chi connectivity index (χ0n) is 13.7. The number of hydrogen-bond acceptors (Lipinski definition) is 5. The highest BCUT2D eigenvalue weighted by molar-refractivity contribution is 5.92. The lowest BCUT2D eigenvalue weighted by molar-refractivity contribution is -0.384. The fourth-order valence-electron chi connectivity index (χ4n) is 3.14. The maximum atomic E-state index is 12.4. The number of para-hydroxylation sites is 2. The van der Waals surface area contributed by atoms with Gasteiger partial charge < -0.3 is 10.4 Å². The largest absolute Gasteiger partial charge is 0.396 e. The number of nitrogens with zero attached hydrogens (tertiary/aromatic N) is 3. The van der Waals surface area contributed by atoms with Gasteiger partial charge in [0.25, 0.3) is 11.6 Å². The molecule has 0 aliphatic heterocycles. The summed E-state index contributed by atoms with van der Waals surface area (Å²) in [5.74, 6) is 0.0378. The Morgan fingerprint density at radius 2 is 2.00 bits per heavy atom. The second-order valence-corrected chi connectivity index (χ2v) is 6.27. The van der Waals surface area contributed by atoms with Gasteiger partial charge in [-0.15, -0.1) is 0 Å². The summed E-state index contributed by atoms with van der Waals surface area (Å²) in [5.41, 5.74) is 0.470. The summed E-state index contributed by atoms with van der Waals surface area (Å²) in [7, 11) is 0. The molecule has 0 bridgehead atoms. The lowest BCUT2D eigenvalue weighted by Crippen LogP contribution is -2.38. The molecule has 3 rings (SSSR count). The Labute approximate surface area is 144 Å². The molecule has 0 radical (unpaired) electrons. The number of amides is 1. The molecule has 8 nitrogen and oxygen atoms in total. The monoisotopic (exact) mass is 344 g/mol. The Morgan fingerprint density at radius 3 is 2.68 bits per heavy atom. The number of aliphatic hydroxyl groups is 1. The van der Waals surface area contributed by atoms with E-state index in [0.29, 0.717) is 11.6 Å². The van der Waals surface area contributed by atoms with E-state index in [-0.39, 0.29) is 29.9 Å². The van der Waals surface area contributed by atoms with Crippen molar-refractivity contribution in [2.75, 3.05) is 6.61 Å². The molecule has 1 aliphatic rings. The molecule has 0 atom stereocenters. The molecule has 1 heterocycles. The van der Waals surface area contributed by atoms with Crippen molar-refractivity contribution in [3.63, 3.8) is 0 Å². The average Bonchev–Trinajstić information content (AvgIpc) is 3.12. The molecule has 132 valence electrons. The van der Waals surface area contributed by atoms with E-state index in [0.717, 1.165) is 25.7 Å². The molecule has 8 heteroatoms. The molecule has 0 spiro atoms. The number of aliphatic hydroxyl groups excluding tert-OH is 1. The van der Waals surface area contributed by atoms with Crippen molar-refractivity contribution in [2.24, 2.45) is 5.92 Å². The Balaban J connectivity index is 1.69. The van der Waals surface area contributed by atoms with Gasteiger partial charge in [-0.3, -0.25) is 14.9 Å². The van der Waals surface area contributed by atoms with E-state index in [1.54, 1.807) is 30.5 Å². The summed E-state index contributed by atoms with van der Waals surface area (Å²) in [6.07, 6.45) is 5.00. The Hall–Kier alpha value is -2.74. The first-order chi connectivity index (χ1) is 12.1. The normalized spacial score (nSPS) is 20.2. The van der Waals surface area contributed by atoms with Crippen LogP contribution in [-0.2, 0) is 0 Å². The first-order valence-electron chi connectivity index (χ1n) is 8.29. The Bertz CT molecular complexity index is 766. The lowest BCUT2D eigenvalue weighted by atomic mass is 9.86. The first kappa shape index (κ1) is 17.1. The predicted molar refractivity (Wildman–Crippen MR) is 90.5 cm³/mol. The minimum Gasteiger partial charge on any atom is -0.396 e. The van der Waals surface area contributed by atoms with Crippen LogP contribution >= 0.6 is 0 Å². The van der Waals surface area contributed by atoms with Gasteiger partial charge in [0.1, 0.15) is 5.69 Å². The predicted octanol–water partition coefficient (Wildman–Crippen LogP) is 2.06. The lowest BCUT2D eigenvalue weighted by Gasteiger charge is -2.27. The highest BCUT2D eigenvalue weighted by Gasteiger charge is 2.23. The molecular weight excluding hydrogens is 324 g/mol. The number of nitro benzene ring substituents is 1. The van der Waals surface area contributed by atoms with Crippen molar-refractivity contribution in [2.45, 2.75) is 31.7 Å². The highest BCUT2D eigenvalue weighted by Crippen LogP contribution is 2.24. The second kappa shape index (κ2) is 7.43. The molecule has 2 aromatic rings. The molecule has 25 heavy (non-hydrogen) atoms. The number of aromatic nitrogens is 2. The summed E-state index contributed by atoms with van der Waals surface area (Å²) in [4.78, 5) is 23.0. The van der Waals surface area contributed by atoms with Crippen molar-refractivity contribution < 1.29 is 14.8 Å². The maximum Gasteiger partial charge on any atom is 0.294 e. The summed E-state index contributed by atoms with van der Waals surface area (Å²) in [6.45, 7) is 0.195. The standard InChI is InChI=1S/C17H20N4O4/c22-11-12-5-7-13(8-6-12)18-17(23)14-9-10-20(19-14)15-3-1-2-4-16(15)21(24)25/h1-4,9-10,12-13,22H,5-8,11H2,(H,18,23). The van der Waals surface area contributed by atoms with Crippen LogP contribution in [0.1, 0.15) is 36.2 Å². The Kier molecular flexibility index (Phi) is 5.08. The highest BCUT2D eigenvalue weighted by atomic mass is 16.6. The van der Waals surface area contributed by atoms with Gasteiger partial charge in [0.15, 0.2) is 5.69 Å². The third-order valence-corrected chi connectivity index (χ3v) is 4.59. The smallest absolute Gasteiger partial charge is 0.294 e. The third-order valence-electron chi connectivity index (χ3n) is 4.59. The van der Waals surface area contributed by atoms with Gasteiger partial charge in [-0.05, 0) is 43.7 Å².